The van der Waals surface area contributed by atoms with E-state index in [2.05, 4.69) is 9.97 Å². The first kappa shape index (κ1) is 12.3. The molecule has 0 aliphatic heterocycles. The van der Waals surface area contributed by atoms with Gasteiger partial charge in [-0.2, -0.15) is 0 Å². The highest BCUT2D eigenvalue weighted by atomic mass is 19.3. The topological polar surface area (TPSA) is 45.8 Å². The number of benzene rings is 1. The summed E-state index contributed by atoms with van der Waals surface area (Å²) in [5.74, 6) is -2.74. The molecule has 0 spiro atoms. The van der Waals surface area contributed by atoms with Crippen LogP contribution in [-0.2, 0) is 0 Å². The molecule has 1 N–H and O–H groups in total. The molecule has 1 aromatic heterocycles. The number of fused-ring (bicyclic) bond motifs is 1. The standard InChI is InChI=1S/C14H14F2N2O/c15-14(16)7-5-9(6-8-14)12-13(19)18-11-4-2-1-3-10(11)17-12/h1-4,9H,5-8H2,(H,18,19). The van der Waals surface area contributed by atoms with E-state index in [1.807, 2.05) is 18.2 Å². The first-order valence-electron chi connectivity index (χ1n) is 6.42. The minimum atomic E-state index is -2.58. The van der Waals surface area contributed by atoms with E-state index in [0.29, 0.717) is 29.6 Å². The summed E-state index contributed by atoms with van der Waals surface area (Å²) in [6.45, 7) is 0. The third-order valence-corrected chi connectivity index (χ3v) is 3.73. The van der Waals surface area contributed by atoms with Gasteiger partial charge in [-0.25, -0.2) is 13.8 Å². The molecule has 0 unspecified atom stereocenters. The molecule has 5 heteroatoms. The van der Waals surface area contributed by atoms with E-state index >= 15 is 0 Å². The van der Waals surface area contributed by atoms with E-state index in [0.717, 1.165) is 0 Å². The van der Waals surface area contributed by atoms with Gasteiger partial charge in [0.1, 0.15) is 5.69 Å². The van der Waals surface area contributed by atoms with E-state index in [1.54, 1.807) is 6.07 Å². The minimum Gasteiger partial charge on any atom is -0.319 e. The lowest BCUT2D eigenvalue weighted by atomic mass is 9.85. The molecule has 0 amide bonds. The second kappa shape index (κ2) is 4.40. The van der Waals surface area contributed by atoms with Gasteiger partial charge in [0.2, 0.25) is 5.92 Å². The molecule has 0 bridgehead atoms. The summed E-state index contributed by atoms with van der Waals surface area (Å²) in [5, 5.41) is 0. The van der Waals surface area contributed by atoms with Crippen molar-refractivity contribution in [2.45, 2.75) is 37.5 Å². The van der Waals surface area contributed by atoms with Crippen LogP contribution in [0.25, 0.3) is 11.0 Å². The fourth-order valence-corrected chi connectivity index (χ4v) is 2.63. The second-order valence-electron chi connectivity index (χ2n) is 5.10. The van der Waals surface area contributed by atoms with Gasteiger partial charge in [-0.1, -0.05) is 12.1 Å². The van der Waals surface area contributed by atoms with Crippen molar-refractivity contribution in [1.82, 2.24) is 9.97 Å². The van der Waals surface area contributed by atoms with E-state index in [4.69, 9.17) is 0 Å². The van der Waals surface area contributed by atoms with Crippen LogP contribution in [-0.4, -0.2) is 15.9 Å². The van der Waals surface area contributed by atoms with Crippen molar-refractivity contribution in [2.24, 2.45) is 0 Å². The Bertz CT molecular complexity index is 656. The van der Waals surface area contributed by atoms with Crippen LogP contribution in [0, 0.1) is 0 Å². The lowest BCUT2D eigenvalue weighted by molar-refractivity contribution is -0.0385. The largest absolute Gasteiger partial charge is 0.319 e. The normalized spacial score (nSPS) is 19.7. The summed E-state index contributed by atoms with van der Waals surface area (Å²) in [6, 6.07) is 7.25. The van der Waals surface area contributed by atoms with Gasteiger partial charge in [-0.15, -0.1) is 0 Å². The summed E-state index contributed by atoms with van der Waals surface area (Å²) in [6.07, 6.45) is 0.320. The van der Waals surface area contributed by atoms with Crippen LogP contribution in [0.15, 0.2) is 29.1 Å². The number of nitrogens with zero attached hydrogens (tertiary/aromatic N) is 1. The van der Waals surface area contributed by atoms with Crippen LogP contribution in [0.3, 0.4) is 0 Å². The van der Waals surface area contributed by atoms with Crippen LogP contribution in [0.1, 0.15) is 37.3 Å². The van der Waals surface area contributed by atoms with E-state index < -0.39 is 5.92 Å². The van der Waals surface area contributed by atoms with Crippen molar-refractivity contribution in [3.05, 3.63) is 40.3 Å². The predicted octanol–water partition coefficient (Wildman–Crippen LogP) is 3.22. The molecule has 100 valence electrons. The van der Waals surface area contributed by atoms with Gasteiger partial charge in [0.15, 0.2) is 0 Å². The van der Waals surface area contributed by atoms with Crippen molar-refractivity contribution in [3.63, 3.8) is 0 Å². The van der Waals surface area contributed by atoms with E-state index in [9.17, 15) is 13.6 Å². The lowest BCUT2D eigenvalue weighted by Crippen LogP contribution is -2.27. The number of nitrogens with one attached hydrogen (secondary N) is 1. The highest BCUT2D eigenvalue weighted by Crippen LogP contribution is 2.39. The van der Waals surface area contributed by atoms with E-state index in [-0.39, 0.29) is 24.3 Å². The number of aromatic amines is 1. The van der Waals surface area contributed by atoms with Crippen molar-refractivity contribution in [2.75, 3.05) is 0 Å². The summed E-state index contributed by atoms with van der Waals surface area (Å²) < 4.78 is 26.3. The third kappa shape index (κ3) is 2.37. The highest BCUT2D eigenvalue weighted by Gasteiger charge is 2.36. The Morgan fingerprint density at radius 3 is 2.63 bits per heavy atom. The Hall–Kier alpha value is -1.78. The van der Waals surface area contributed by atoms with Crippen molar-refractivity contribution < 1.29 is 8.78 Å². The molecule has 0 radical (unpaired) electrons. The minimum absolute atomic E-state index is 0.159. The molecular formula is C14H14F2N2O. The molecule has 1 aliphatic rings. The molecule has 1 aromatic carbocycles. The second-order valence-corrected chi connectivity index (χ2v) is 5.10. The zero-order valence-electron chi connectivity index (χ0n) is 10.3. The summed E-state index contributed by atoms with van der Waals surface area (Å²) in [7, 11) is 0. The van der Waals surface area contributed by atoms with Gasteiger partial charge in [0.05, 0.1) is 11.0 Å². The van der Waals surface area contributed by atoms with Gasteiger partial charge < -0.3 is 4.98 Å². The van der Waals surface area contributed by atoms with Crippen LogP contribution in [0.4, 0.5) is 8.78 Å². The van der Waals surface area contributed by atoms with Crippen molar-refractivity contribution >= 4 is 11.0 Å². The molecule has 1 saturated carbocycles. The number of hydrogen-bond donors (Lipinski definition) is 1. The molecular weight excluding hydrogens is 250 g/mol. The fourth-order valence-electron chi connectivity index (χ4n) is 2.63. The average molecular weight is 264 g/mol. The van der Waals surface area contributed by atoms with Crippen LogP contribution < -0.4 is 5.56 Å². The lowest BCUT2D eigenvalue weighted by Gasteiger charge is -2.27. The number of halogens is 2. The maximum atomic E-state index is 13.1. The summed E-state index contributed by atoms with van der Waals surface area (Å²) >= 11 is 0. The SMILES string of the molecule is O=c1[nH]c2ccccc2nc1C1CCC(F)(F)CC1. The van der Waals surface area contributed by atoms with Gasteiger partial charge in [-0.3, -0.25) is 4.79 Å². The molecule has 2 aromatic rings. The van der Waals surface area contributed by atoms with Crippen LogP contribution >= 0.6 is 0 Å². The summed E-state index contributed by atoms with van der Waals surface area (Å²) in [5.41, 5.74) is 1.52. The van der Waals surface area contributed by atoms with E-state index in [1.165, 1.54) is 0 Å². The zero-order chi connectivity index (χ0) is 13.5. The molecule has 0 saturated heterocycles. The molecule has 0 atom stereocenters. The number of aromatic nitrogens is 2. The smallest absolute Gasteiger partial charge is 0.270 e. The molecule has 1 heterocycles. The number of para-hydroxylation sites is 2. The number of rotatable bonds is 1. The Kier molecular flexibility index (Phi) is 2.84. The quantitative estimate of drug-likeness (QED) is 0.859. The molecule has 1 aliphatic carbocycles. The maximum absolute atomic E-state index is 13.1. The van der Waals surface area contributed by atoms with Gasteiger partial charge in [0, 0.05) is 18.8 Å². The Balaban J connectivity index is 1.97. The van der Waals surface area contributed by atoms with Gasteiger partial charge in [0.25, 0.3) is 5.56 Å². The molecule has 3 nitrogen and oxygen atoms in total. The number of H-pyrrole nitrogens is 1. The van der Waals surface area contributed by atoms with Gasteiger partial charge in [-0.05, 0) is 25.0 Å². The fraction of sp³-hybridized carbons (Fsp3) is 0.429. The first-order valence-corrected chi connectivity index (χ1v) is 6.42. The predicted molar refractivity (Wildman–Crippen MR) is 68.5 cm³/mol. The van der Waals surface area contributed by atoms with Crippen molar-refractivity contribution in [3.8, 4) is 0 Å². The first-order chi connectivity index (χ1) is 9.05. The monoisotopic (exact) mass is 264 g/mol. The summed E-state index contributed by atoms with van der Waals surface area (Å²) in [4.78, 5) is 19.1. The molecule has 1 fully saturated rings. The molecule has 3 rings (SSSR count). The molecule has 19 heavy (non-hydrogen) atoms. The van der Waals surface area contributed by atoms with Crippen molar-refractivity contribution in [1.29, 1.82) is 0 Å². The average Bonchev–Trinajstić information content (AvgIpc) is 2.38. The maximum Gasteiger partial charge on any atom is 0.270 e. The third-order valence-electron chi connectivity index (χ3n) is 3.73. The Morgan fingerprint density at radius 1 is 1.21 bits per heavy atom. The van der Waals surface area contributed by atoms with Gasteiger partial charge >= 0.3 is 0 Å². The van der Waals surface area contributed by atoms with Crippen LogP contribution in [0.2, 0.25) is 0 Å². The number of hydrogen-bond acceptors (Lipinski definition) is 2. The highest BCUT2D eigenvalue weighted by molar-refractivity contribution is 5.73. The van der Waals surface area contributed by atoms with Crippen LogP contribution in [0.5, 0.6) is 0 Å². The Morgan fingerprint density at radius 2 is 1.89 bits per heavy atom. The number of alkyl halides is 2. The zero-order valence-corrected chi connectivity index (χ0v) is 10.3. The Labute approximate surface area is 108 Å².